The van der Waals surface area contributed by atoms with Gasteiger partial charge in [0.15, 0.2) is 11.6 Å². The SMILES string of the molecule is CCOc1ccc(-c2nn(C)cc2CN)cc1F. The molecule has 2 rings (SSSR count). The summed E-state index contributed by atoms with van der Waals surface area (Å²) in [5.41, 5.74) is 7.95. The zero-order valence-corrected chi connectivity index (χ0v) is 10.5. The highest BCUT2D eigenvalue weighted by atomic mass is 19.1. The van der Waals surface area contributed by atoms with Crippen LogP contribution in [0.5, 0.6) is 5.75 Å². The van der Waals surface area contributed by atoms with Crippen LogP contribution in [0.3, 0.4) is 0 Å². The first kappa shape index (κ1) is 12.6. The highest BCUT2D eigenvalue weighted by Crippen LogP contribution is 2.26. The highest BCUT2D eigenvalue weighted by molar-refractivity contribution is 5.63. The summed E-state index contributed by atoms with van der Waals surface area (Å²) >= 11 is 0. The number of nitrogens with zero attached hydrogens (tertiary/aromatic N) is 2. The van der Waals surface area contributed by atoms with E-state index < -0.39 is 0 Å². The van der Waals surface area contributed by atoms with Crippen LogP contribution in [0.4, 0.5) is 4.39 Å². The van der Waals surface area contributed by atoms with Crippen molar-refractivity contribution in [1.82, 2.24) is 9.78 Å². The molecule has 1 heterocycles. The zero-order valence-electron chi connectivity index (χ0n) is 10.5. The van der Waals surface area contributed by atoms with Crippen molar-refractivity contribution in [3.8, 4) is 17.0 Å². The van der Waals surface area contributed by atoms with Gasteiger partial charge in [-0.25, -0.2) is 4.39 Å². The van der Waals surface area contributed by atoms with Crippen LogP contribution in [0.1, 0.15) is 12.5 Å². The van der Waals surface area contributed by atoms with Gasteiger partial charge in [0, 0.05) is 30.9 Å². The number of hydrogen-bond acceptors (Lipinski definition) is 3. The topological polar surface area (TPSA) is 53.1 Å². The van der Waals surface area contributed by atoms with Crippen molar-refractivity contribution in [1.29, 1.82) is 0 Å². The summed E-state index contributed by atoms with van der Waals surface area (Å²) < 4.78 is 20.6. The van der Waals surface area contributed by atoms with Crippen molar-refractivity contribution in [3.05, 3.63) is 35.8 Å². The van der Waals surface area contributed by atoms with Crippen LogP contribution in [-0.2, 0) is 13.6 Å². The molecule has 4 nitrogen and oxygen atoms in total. The maximum absolute atomic E-state index is 13.8. The van der Waals surface area contributed by atoms with Gasteiger partial charge in [0.1, 0.15) is 0 Å². The van der Waals surface area contributed by atoms with Gasteiger partial charge in [-0.3, -0.25) is 4.68 Å². The molecule has 18 heavy (non-hydrogen) atoms. The molecule has 0 fully saturated rings. The van der Waals surface area contributed by atoms with Gasteiger partial charge in [-0.05, 0) is 25.1 Å². The van der Waals surface area contributed by atoms with Crippen molar-refractivity contribution in [2.24, 2.45) is 12.8 Å². The summed E-state index contributed by atoms with van der Waals surface area (Å²) in [6, 6.07) is 4.82. The van der Waals surface area contributed by atoms with Gasteiger partial charge in [-0.1, -0.05) is 0 Å². The van der Waals surface area contributed by atoms with E-state index in [0.29, 0.717) is 24.4 Å². The lowest BCUT2D eigenvalue weighted by molar-refractivity contribution is 0.321. The molecule has 0 saturated heterocycles. The second-order valence-electron chi connectivity index (χ2n) is 3.96. The lowest BCUT2D eigenvalue weighted by Gasteiger charge is -2.06. The number of nitrogens with two attached hydrogens (primary N) is 1. The van der Waals surface area contributed by atoms with E-state index in [4.69, 9.17) is 10.5 Å². The van der Waals surface area contributed by atoms with E-state index in [1.807, 2.05) is 20.2 Å². The Morgan fingerprint density at radius 2 is 2.22 bits per heavy atom. The van der Waals surface area contributed by atoms with E-state index in [2.05, 4.69) is 5.10 Å². The van der Waals surface area contributed by atoms with Gasteiger partial charge in [0.2, 0.25) is 0 Å². The Morgan fingerprint density at radius 3 is 2.83 bits per heavy atom. The highest BCUT2D eigenvalue weighted by Gasteiger charge is 2.11. The molecular formula is C13H16FN3O. The zero-order chi connectivity index (χ0) is 13.1. The summed E-state index contributed by atoms with van der Waals surface area (Å²) in [5.74, 6) is -0.130. The number of ether oxygens (including phenoxy) is 1. The Hall–Kier alpha value is -1.88. The number of aryl methyl sites for hydroxylation is 1. The Morgan fingerprint density at radius 1 is 1.44 bits per heavy atom. The first-order chi connectivity index (χ1) is 8.65. The molecule has 1 aromatic carbocycles. The molecule has 2 aromatic rings. The van der Waals surface area contributed by atoms with Gasteiger partial charge < -0.3 is 10.5 Å². The maximum atomic E-state index is 13.8. The van der Waals surface area contributed by atoms with Crippen molar-refractivity contribution in [2.45, 2.75) is 13.5 Å². The molecule has 0 amide bonds. The Kier molecular flexibility index (Phi) is 3.62. The fourth-order valence-electron chi connectivity index (χ4n) is 1.85. The molecule has 96 valence electrons. The Balaban J connectivity index is 2.41. The summed E-state index contributed by atoms with van der Waals surface area (Å²) in [7, 11) is 1.81. The smallest absolute Gasteiger partial charge is 0.165 e. The molecule has 0 saturated carbocycles. The minimum absolute atomic E-state index is 0.256. The standard InChI is InChI=1S/C13H16FN3O/c1-3-18-12-5-4-9(6-11(12)14)13-10(7-15)8-17(2)16-13/h4-6,8H,3,7,15H2,1-2H3. The largest absolute Gasteiger partial charge is 0.491 e. The molecule has 0 aliphatic carbocycles. The number of benzene rings is 1. The summed E-state index contributed by atoms with van der Waals surface area (Å²) in [5, 5.41) is 4.30. The van der Waals surface area contributed by atoms with E-state index in [9.17, 15) is 4.39 Å². The molecule has 0 atom stereocenters. The average molecular weight is 249 g/mol. The monoisotopic (exact) mass is 249 g/mol. The van der Waals surface area contributed by atoms with Crippen LogP contribution < -0.4 is 10.5 Å². The van der Waals surface area contributed by atoms with Crippen molar-refractivity contribution in [2.75, 3.05) is 6.61 Å². The van der Waals surface area contributed by atoms with Crippen LogP contribution >= 0.6 is 0 Å². The molecule has 0 aliphatic rings. The molecule has 0 unspecified atom stereocenters. The van der Waals surface area contributed by atoms with Crippen LogP contribution in [0.15, 0.2) is 24.4 Å². The van der Waals surface area contributed by atoms with Crippen LogP contribution in [0.2, 0.25) is 0 Å². The average Bonchev–Trinajstić information content (AvgIpc) is 2.73. The van der Waals surface area contributed by atoms with E-state index in [1.54, 1.807) is 16.8 Å². The quantitative estimate of drug-likeness (QED) is 0.902. The third kappa shape index (κ3) is 2.36. The molecule has 5 heteroatoms. The minimum Gasteiger partial charge on any atom is -0.491 e. The minimum atomic E-state index is -0.386. The predicted molar refractivity (Wildman–Crippen MR) is 67.7 cm³/mol. The van der Waals surface area contributed by atoms with E-state index in [1.165, 1.54) is 6.07 Å². The molecular weight excluding hydrogens is 233 g/mol. The number of aromatic nitrogens is 2. The van der Waals surface area contributed by atoms with Crippen molar-refractivity contribution < 1.29 is 9.13 Å². The van der Waals surface area contributed by atoms with Gasteiger partial charge in [-0.2, -0.15) is 5.10 Å². The second-order valence-corrected chi connectivity index (χ2v) is 3.96. The molecule has 2 N–H and O–H groups in total. The fraction of sp³-hybridized carbons (Fsp3) is 0.308. The first-order valence-corrected chi connectivity index (χ1v) is 5.81. The maximum Gasteiger partial charge on any atom is 0.165 e. The third-order valence-corrected chi connectivity index (χ3v) is 2.63. The Labute approximate surface area is 105 Å². The van der Waals surface area contributed by atoms with Gasteiger partial charge in [-0.15, -0.1) is 0 Å². The molecule has 0 aliphatic heterocycles. The normalized spacial score (nSPS) is 10.7. The predicted octanol–water partition coefficient (Wildman–Crippen LogP) is 2.08. The fourth-order valence-corrected chi connectivity index (χ4v) is 1.85. The lowest BCUT2D eigenvalue weighted by Crippen LogP contribution is -1.98. The van der Waals surface area contributed by atoms with E-state index in [-0.39, 0.29) is 11.6 Å². The number of halogens is 1. The van der Waals surface area contributed by atoms with Gasteiger partial charge in [0.05, 0.1) is 12.3 Å². The molecule has 1 aromatic heterocycles. The van der Waals surface area contributed by atoms with Crippen LogP contribution in [0, 0.1) is 5.82 Å². The van der Waals surface area contributed by atoms with Gasteiger partial charge >= 0.3 is 0 Å². The number of hydrogen-bond donors (Lipinski definition) is 1. The van der Waals surface area contributed by atoms with Gasteiger partial charge in [0.25, 0.3) is 0 Å². The van der Waals surface area contributed by atoms with Crippen molar-refractivity contribution in [3.63, 3.8) is 0 Å². The van der Waals surface area contributed by atoms with Crippen LogP contribution in [0.25, 0.3) is 11.3 Å². The Bertz CT molecular complexity index is 551. The van der Waals surface area contributed by atoms with Crippen LogP contribution in [-0.4, -0.2) is 16.4 Å². The molecule has 0 spiro atoms. The lowest BCUT2D eigenvalue weighted by atomic mass is 10.1. The van der Waals surface area contributed by atoms with E-state index >= 15 is 0 Å². The molecule has 0 radical (unpaired) electrons. The van der Waals surface area contributed by atoms with E-state index in [0.717, 1.165) is 5.56 Å². The second kappa shape index (κ2) is 5.18. The summed E-state index contributed by atoms with van der Waals surface area (Å²) in [6.45, 7) is 2.63. The van der Waals surface area contributed by atoms with Crippen molar-refractivity contribution >= 4 is 0 Å². The number of rotatable bonds is 4. The first-order valence-electron chi connectivity index (χ1n) is 5.81. The molecule has 0 bridgehead atoms. The third-order valence-electron chi connectivity index (χ3n) is 2.63. The summed E-state index contributed by atoms with van der Waals surface area (Å²) in [4.78, 5) is 0. The summed E-state index contributed by atoms with van der Waals surface area (Å²) in [6.07, 6.45) is 1.84.